The predicted molar refractivity (Wildman–Crippen MR) is 61.7 cm³/mol. The quantitative estimate of drug-likeness (QED) is 0.367. The maximum atomic E-state index is 13.1. The maximum absolute atomic E-state index is 13.1. The molecule has 0 N–H and O–H groups in total. The number of Topliss-reactive ketones (excluding diaryl/α,β-unsaturated/α-hetero) is 1. The van der Waals surface area contributed by atoms with Crippen molar-refractivity contribution in [3.8, 4) is 0 Å². The summed E-state index contributed by atoms with van der Waals surface area (Å²) in [5, 5.41) is -1.56. The van der Waals surface area contributed by atoms with Crippen LogP contribution >= 0.6 is 11.6 Å². The first-order valence-electron chi connectivity index (χ1n) is 5.19. The zero-order chi connectivity index (χ0) is 13.9. The third-order valence-electron chi connectivity index (χ3n) is 2.22. The molecular formula is C12H11ClF2O3. The van der Waals surface area contributed by atoms with Crippen molar-refractivity contribution in [2.75, 3.05) is 6.61 Å². The molecule has 0 aliphatic heterocycles. The van der Waals surface area contributed by atoms with Crippen LogP contribution < -0.4 is 0 Å². The molecule has 1 rings (SSSR count). The molecule has 6 heteroatoms. The van der Waals surface area contributed by atoms with Crippen molar-refractivity contribution in [2.24, 2.45) is 0 Å². The fourth-order valence-corrected chi connectivity index (χ4v) is 1.53. The second-order valence-corrected chi connectivity index (χ2v) is 4.00. The van der Waals surface area contributed by atoms with Crippen molar-refractivity contribution in [1.29, 1.82) is 0 Å². The minimum atomic E-state index is -1.56. The van der Waals surface area contributed by atoms with Gasteiger partial charge in [-0.15, -0.1) is 11.6 Å². The fraction of sp³-hybridized carbons (Fsp3) is 0.333. The molecule has 0 aliphatic carbocycles. The first-order chi connectivity index (χ1) is 8.38. The van der Waals surface area contributed by atoms with E-state index in [1.165, 1.54) is 6.92 Å². The Hall–Kier alpha value is -1.49. The van der Waals surface area contributed by atoms with Gasteiger partial charge < -0.3 is 4.74 Å². The van der Waals surface area contributed by atoms with Crippen LogP contribution in [0.1, 0.15) is 22.8 Å². The van der Waals surface area contributed by atoms with E-state index >= 15 is 0 Å². The van der Waals surface area contributed by atoms with E-state index < -0.39 is 28.8 Å². The average molecular weight is 277 g/mol. The van der Waals surface area contributed by atoms with Gasteiger partial charge in [-0.05, 0) is 31.5 Å². The van der Waals surface area contributed by atoms with Crippen molar-refractivity contribution < 1.29 is 23.1 Å². The highest BCUT2D eigenvalue weighted by molar-refractivity contribution is 6.43. The monoisotopic (exact) mass is 276 g/mol. The van der Waals surface area contributed by atoms with E-state index in [1.54, 1.807) is 6.92 Å². The summed E-state index contributed by atoms with van der Waals surface area (Å²) >= 11 is 5.60. The summed E-state index contributed by atoms with van der Waals surface area (Å²) < 4.78 is 30.7. The van der Waals surface area contributed by atoms with Gasteiger partial charge in [0, 0.05) is 5.56 Å². The average Bonchev–Trinajstić information content (AvgIpc) is 2.33. The van der Waals surface area contributed by atoms with E-state index in [4.69, 9.17) is 11.6 Å². The van der Waals surface area contributed by atoms with Gasteiger partial charge in [-0.2, -0.15) is 0 Å². The Bertz CT molecular complexity index is 465. The minimum absolute atomic E-state index is 0.0360. The molecule has 0 radical (unpaired) electrons. The fourth-order valence-electron chi connectivity index (χ4n) is 1.34. The Balaban J connectivity index is 3.01. The van der Waals surface area contributed by atoms with Gasteiger partial charge in [0.1, 0.15) is 0 Å². The van der Waals surface area contributed by atoms with Crippen LogP contribution in [0.15, 0.2) is 12.1 Å². The molecule has 18 heavy (non-hydrogen) atoms. The summed E-state index contributed by atoms with van der Waals surface area (Å²) in [7, 11) is 0. The molecule has 0 fully saturated rings. The number of carbonyl (C=O) groups excluding carboxylic acids is 2. The van der Waals surface area contributed by atoms with E-state index in [9.17, 15) is 18.4 Å². The molecule has 0 bridgehead atoms. The maximum Gasteiger partial charge on any atom is 0.332 e. The SMILES string of the molecule is CCOC(=O)C(Cl)C(=O)c1cc(C)c(F)c(F)c1. The van der Waals surface area contributed by atoms with Gasteiger partial charge in [0.05, 0.1) is 6.61 Å². The van der Waals surface area contributed by atoms with Gasteiger partial charge in [0.15, 0.2) is 22.8 Å². The van der Waals surface area contributed by atoms with Crippen LogP contribution in [0.5, 0.6) is 0 Å². The molecule has 1 atom stereocenters. The molecule has 0 saturated carbocycles. The van der Waals surface area contributed by atoms with Gasteiger partial charge >= 0.3 is 5.97 Å². The number of alkyl halides is 1. The summed E-state index contributed by atoms with van der Waals surface area (Å²) in [5.74, 6) is -3.93. The van der Waals surface area contributed by atoms with Gasteiger partial charge in [0.25, 0.3) is 0 Å². The van der Waals surface area contributed by atoms with Crippen molar-refractivity contribution in [2.45, 2.75) is 19.2 Å². The molecule has 0 amide bonds. The van der Waals surface area contributed by atoms with E-state index in [1.807, 2.05) is 0 Å². The highest BCUT2D eigenvalue weighted by Gasteiger charge is 2.27. The molecule has 98 valence electrons. The van der Waals surface area contributed by atoms with Gasteiger partial charge in [0.2, 0.25) is 0 Å². The third-order valence-corrected chi connectivity index (χ3v) is 2.59. The summed E-state index contributed by atoms with van der Waals surface area (Å²) in [6.07, 6.45) is 0. The topological polar surface area (TPSA) is 43.4 Å². The molecule has 3 nitrogen and oxygen atoms in total. The normalized spacial score (nSPS) is 12.1. The molecule has 0 heterocycles. The van der Waals surface area contributed by atoms with Crippen LogP contribution in [-0.2, 0) is 9.53 Å². The molecule has 0 spiro atoms. The predicted octanol–water partition coefficient (Wildman–Crippen LogP) is 2.63. The van der Waals surface area contributed by atoms with E-state index in [0.29, 0.717) is 6.07 Å². The Morgan fingerprint density at radius 2 is 2.00 bits per heavy atom. The highest BCUT2D eigenvalue weighted by atomic mass is 35.5. The summed E-state index contributed by atoms with van der Waals surface area (Å²) in [5.41, 5.74) is -0.203. The summed E-state index contributed by atoms with van der Waals surface area (Å²) in [6, 6.07) is 1.84. The second kappa shape index (κ2) is 5.91. The molecule has 0 aliphatic rings. The Labute approximate surface area is 108 Å². The molecule has 1 aromatic rings. The number of benzene rings is 1. The lowest BCUT2D eigenvalue weighted by Gasteiger charge is -2.09. The van der Waals surface area contributed by atoms with Crippen LogP contribution in [0.25, 0.3) is 0 Å². The first-order valence-corrected chi connectivity index (χ1v) is 5.62. The van der Waals surface area contributed by atoms with Crippen molar-refractivity contribution in [3.63, 3.8) is 0 Å². The zero-order valence-electron chi connectivity index (χ0n) is 9.80. The smallest absolute Gasteiger partial charge is 0.332 e. The van der Waals surface area contributed by atoms with Crippen molar-refractivity contribution in [1.82, 2.24) is 0 Å². The van der Waals surface area contributed by atoms with Crippen LogP contribution in [0, 0.1) is 18.6 Å². The van der Waals surface area contributed by atoms with Crippen LogP contribution in [0.3, 0.4) is 0 Å². The Kier molecular flexibility index (Phi) is 4.78. The highest BCUT2D eigenvalue weighted by Crippen LogP contribution is 2.17. The third kappa shape index (κ3) is 3.04. The van der Waals surface area contributed by atoms with E-state index in [-0.39, 0.29) is 17.7 Å². The number of ether oxygens (including phenoxy) is 1. The molecule has 1 aromatic carbocycles. The lowest BCUT2D eigenvalue weighted by atomic mass is 10.0. The standard InChI is InChI=1S/C12H11ClF2O3/c1-3-18-12(17)9(13)11(16)7-4-6(2)10(15)8(14)5-7/h4-5,9H,3H2,1-2H3. The number of hydrogen-bond acceptors (Lipinski definition) is 3. The summed E-state index contributed by atoms with van der Waals surface area (Å²) in [4.78, 5) is 23.0. The number of rotatable bonds is 4. The Morgan fingerprint density at radius 1 is 1.39 bits per heavy atom. The molecular weight excluding hydrogens is 266 g/mol. The van der Waals surface area contributed by atoms with Crippen molar-refractivity contribution >= 4 is 23.4 Å². The number of halogens is 3. The van der Waals surface area contributed by atoms with E-state index in [2.05, 4.69) is 4.74 Å². The van der Waals surface area contributed by atoms with Crippen LogP contribution in [0.2, 0.25) is 0 Å². The number of hydrogen-bond donors (Lipinski definition) is 0. The molecule has 1 unspecified atom stereocenters. The van der Waals surface area contributed by atoms with E-state index in [0.717, 1.165) is 6.07 Å². The second-order valence-electron chi connectivity index (χ2n) is 3.57. The Morgan fingerprint density at radius 3 is 2.50 bits per heavy atom. The molecule has 0 saturated heterocycles. The van der Waals surface area contributed by atoms with Crippen LogP contribution in [0.4, 0.5) is 8.78 Å². The summed E-state index contributed by atoms with van der Waals surface area (Å²) in [6.45, 7) is 2.95. The van der Waals surface area contributed by atoms with Gasteiger partial charge in [-0.1, -0.05) is 0 Å². The largest absolute Gasteiger partial charge is 0.465 e. The van der Waals surface area contributed by atoms with Crippen LogP contribution in [-0.4, -0.2) is 23.7 Å². The number of ketones is 1. The van der Waals surface area contributed by atoms with Gasteiger partial charge in [-0.3, -0.25) is 4.79 Å². The number of aryl methyl sites for hydroxylation is 1. The molecule has 0 aromatic heterocycles. The van der Waals surface area contributed by atoms with Gasteiger partial charge in [-0.25, -0.2) is 13.6 Å². The zero-order valence-corrected chi connectivity index (χ0v) is 10.6. The lowest BCUT2D eigenvalue weighted by molar-refractivity contribution is -0.141. The first kappa shape index (κ1) is 14.6. The lowest BCUT2D eigenvalue weighted by Crippen LogP contribution is -2.27. The minimum Gasteiger partial charge on any atom is -0.465 e. The van der Waals surface area contributed by atoms with Crippen molar-refractivity contribution in [3.05, 3.63) is 34.9 Å². The number of carbonyl (C=O) groups is 2. The number of esters is 1.